The smallest absolute Gasteiger partial charge is 0.191 e. The highest BCUT2D eigenvalue weighted by molar-refractivity contribution is 5.85. The lowest BCUT2D eigenvalue weighted by Crippen LogP contribution is -2.10. The first-order valence-electron chi connectivity index (χ1n) is 6.05. The van der Waals surface area contributed by atoms with E-state index in [1.807, 2.05) is 25.1 Å². The summed E-state index contributed by atoms with van der Waals surface area (Å²) in [6.07, 6.45) is 0.399. The topological polar surface area (TPSA) is 29.1 Å². The van der Waals surface area contributed by atoms with Gasteiger partial charge in [-0.1, -0.05) is 42.5 Å². The molecule has 2 heteroatoms. The van der Waals surface area contributed by atoms with E-state index in [1.165, 1.54) is 16.3 Å². The van der Waals surface area contributed by atoms with Crippen molar-refractivity contribution in [2.75, 3.05) is 6.61 Å². The first kappa shape index (κ1) is 12.1. The van der Waals surface area contributed by atoms with E-state index < -0.39 is 6.29 Å². The third-order valence-corrected chi connectivity index (χ3v) is 2.88. The van der Waals surface area contributed by atoms with Crippen molar-refractivity contribution in [3.05, 3.63) is 48.0 Å². The van der Waals surface area contributed by atoms with Crippen molar-refractivity contribution < 1.29 is 9.84 Å². The first-order chi connectivity index (χ1) is 8.31. The van der Waals surface area contributed by atoms with Gasteiger partial charge in [-0.05, 0) is 29.7 Å². The zero-order valence-electron chi connectivity index (χ0n) is 10.1. The highest BCUT2D eigenvalue weighted by Crippen LogP contribution is 2.20. The molecule has 0 saturated carbocycles. The Kier molecular flexibility index (Phi) is 4.13. The second kappa shape index (κ2) is 5.80. The van der Waals surface area contributed by atoms with Crippen molar-refractivity contribution in [1.82, 2.24) is 0 Å². The molecule has 0 aliphatic heterocycles. The molecule has 2 aromatic rings. The molecule has 0 heterocycles. The van der Waals surface area contributed by atoms with Crippen LogP contribution in [0, 0.1) is 0 Å². The minimum atomic E-state index is -0.904. The van der Waals surface area contributed by atoms with E-state index in [-0.39, 0.29) is 0 Å². The maximum atomic E-state index is 11.4. The van der Waals surface area contributed by atoms with Gasteiger partial charge < -0.3 is 4.74 Å². The minimum absolute atomic E-state index is 0.490. The fourth-order valence-electron chi connectivity index (χ4n) is 2.05. The summed E-state index contributed by atoms with van der Waals surface area (Å²) < 4.78 is 5.02. The fraction of sp³-hybridized carbons (Fsp3) is 0.333. The molecular formula is C15H17O2. The molecule has 0 spiro atoms. The van der Waals surface area contributed by atoms with E-state index >= 15 is 0 Å². The summed E-state index contributed by atoms with van der Waals surface area (Å²) in [5.74, 6) is 0. The van der Waals surface area contributed by atoms with E-state index in [1.54, 1.807) is 0 Å². The van der Waals surface area contributed by atoms with Crippen LogP contribution < -0.4 is 0 Å². The molecular weight excluding hydrogens is 212 g/mol. The SMILES string of the molecule is CCOC([O])CCc1cccc2ccccc12. The zero-order valence-corrected chi connectivity index (χ0v) is 10.1. The molecule has 0 N–H and O–H groups in total. The maximum absolute atomic E-state index is 11.4. The summed E-state index contributed by atoms with van der Waals surface area (Å²) in [6.45, 7) is 2.34. The molecule has 0 fully saturated rings. The number of rotatable bonds is 5. The van der Waals surface area contributed by atoms with E-state index in [0.717, 1.165) is 6.42 Å². The van der Waals surface area contributed by atoms with Crippen LogP contribution in [0.4, 0.5) is 0 Å². The van der Waals surface area contributed by atoms with Crippen LogP contribution in [0.2, 0.25) is 0 Å². The molecule has 0 aliphatic carbocycles. The number of ether oxygens (including phenoxy) is 1. The Balaban J connectivity index is 2.13. The van der Waals surface area contributed by atoms with Gasteiger partial charge in [-0.25, -0.2) is 5.11 Å². The quantitative estimate of drug-likeness (QED) is 0.721. The van der Waals surface area contributed by atoms with E-state index in [4.69, 9.17) is 4.74 Å². The van der Waals surface area contributed by atoms with Gasteiger partial charge in [0.2, 0.25) is 0 Å². The van der Waals surface area contributed by atoms with Crippen LogP contribution in [0.25, 0.3) is 10.8 Å². The number of hydrogen-bond donors (Lipinski definition) is 0. The average Bonchev–Trinajstić information content (AvgIpc) is 2.36. The van der Waals surface area contributed by atoms with Crippen molar-refractivity contribution in [2.24, 2.45) is 0 Å². The largest absolute Gasteiger partial charge is 0.350 e. The van der Waals surface area contributed by atoms with Crippen LogP contribution in [0.15, 0.2) is 42.5 Å². The molecule has 2 nitrogen and oxygen atoms in total. The molecule has 2 rings (SSSR count). The highest BCUT2D eigenvalue weighted by Gasteiger charge is 2.07. The van der Waals surface area contributed by atoms with Crippen LogP contribution in [0.1, 0.15) is 18.9 Å². The summed E-state index contributed by atoms with van der Waals surface area (Å²) in [5, 5.41) is 13.9. The molecule has 0 amide bonds. The Hall–Kier alpha value is -1.38. The van der Waals surface area contributed by atoms with Gasteiger partial charge in [0, 0.05) is 13.0 Å². The van der Waals surface area contributed by atoms with Crippen LogP contribution in [0.3, 0.4) is 0 Å². The van der Waals surface area contributed by atoms with Gasteiger partial charge in [0.05, 0.1) is 0 Å². The van der Waals surface area contributed by atoms with Crippen LogP contribution >= 0.6 is 0 Å². The van der Waals surface area contributed by atoms with Gasteiger partial charge in [0.1, 0.15) is 0 Å². The third kappa shape index (κ3) is 3.05. The third-order valence-electron chi connectivity index (χ3n) is 2.88. The van der Waals surface area contributed by atoms with Crippen molar-refractivity contribution in [3.63, 3.8) is 0 Å². The summed E-state index contributed by atoms with van der Waals surface area (Å²) in [7, 11) is 0. The minimum Gasteiger partial charge on any atom is -0.350 e. The van der Waals surface area contributed by atoms with Crippen molar-refractivity contribution in [3.8, 4) is 0 Å². The molecule has 1 unspecified atom stereocenters. The number of benzene rings is 2. The lowest BCUT2D eigenvalue weighted by molar-refractivity contribution is -0.139. The molecule has 0 saturated heterocycles. The molecule has 0 aromatic heterocycles. The van der Waals surface area contributed by atoms with Gasteiger partial charge in [-0.15, -0.1) is 0 Å². The summed E-state index contributed by atoms with van der Waals surface area (Å²) in [5.41, 5.74) is 1.23. The number of fused-ring (bicyclic) bond motifs is 1. The van der Waals surface area contributed by atoms with Crippen molar-refractivity contribution >= 4 is 10.8 Å². The number of hydrogen-bond acceptors (Lipinski definition) is 1. The summed E-state index contributed by atoms with van der Waals surface area (Å²) in [6, 6.07) is 14.5. The lowest BCUT2D eigenvalue weighted by atomic mass is 10.0. The van der Waals surface area contributed by atoms with E-state index in [9.17, 15) is 5.11 Å². The zero-order chi connectivity index (χ0) is 12.1. The maximum Gasteiger partial charge on any atom is 0.191 e. The molecule has 0 aliphatic rings. The van der Waals surface area contributed by atoms with Gasteiger partial charge in [0.15, 0.2) is 6.29 Å². The highest BCUT2D eigenvalue weighted by atomic mass is 16.6. The van der Waals surface area contributed by atoms with Crippen LogP contribution in [-0.4, -0.2) is 12.9 Å². The van der Waals surface area contributed by atoms with Crippen LogP contribution in [0.5, 0.6) is 0 Å². The summed E-state index contributed by atoms with van der Waals surface area (Å²) >= 11 is 0. The van der Waals surface area contributed by atoms with E-state index in [0.29, 0.717) is 13.0 Å². The normalized spacial score (nSPS) is 12.8. The molecule has 1 radical (unpaired) electrons. The van der Waals surface area contributed by atoms with Gasteiger partial charge in [0.25, 0.3) is 0 Å². The molecule has 2 aromatic carbocycles. The fourth-order valence-corrected chi connectivity index (χ4v) is 2.05. The first-order valence-corrected chi connectivity index (χ1v) is 6.05. The van der Waals surface area contributed by atoms with E-state index in [2.05, 4.69) is 24.3 Å². The molecule has 1 atom stereocenters. The molecule has 17 heavy (non-hydrogen) atoms. The Labute approximate surface area is 102 Å². The number of aryl methyl sites for hydroxylation is 1. The Morgan fingerprint density at radius 2 is 1.88 bits per heavy atom. The predicted octanol–water partition coefficient (Wildman–Crippen LogP) is 3.57. The molecule has 89 valence electrons. The van der Waals surface area contributed by atoms with Crippen molar-refractivity contribution in [2.45, 2.75) is 26.1 Å². The lowest BCUT2D eigenvalue weighted by Gasteiger charge is -2.09. The second-order valence-corrected chi connectivity index (χ2v) is 4.06. The Morgan fingerprint density at radius 1 is 1.12 bits per heavy atom. The Morgan fingerprint density at radius 3 is 2.71 bits per heavy atom. The van der Waals surface area contributed by atoms with Gasteiger partial charge >= 0.3 is 0 Å². The molecule has 0 bridgehead atoms. The second-order valence-electron chi connectivity index (χ2n) is 4.06. The van der Waals surface area contributed by atoms with Crippen molar-refractivity contribution in [1.29, 1.82) is 0 Å². The van der Waals surface area contributed by atoms with Gasteiger partial charge in [-0.2, -0.15) is 0 Å². The van der Waals surface area contributed by atoms with Gasteiger partial charge in [-0.3, -0.25) is 0 Å². The Bertz CT molecular complexity index is 474. The summed E-state index contributed by atoms with van der Waals surface area (Å²) in [4.78, 5) is 0. The predicted molar refractivity (Wildman–Crippen MR) is 68.4 cm³/mol. The average molecular weight is 229 g/mol. The monoisotopic (exact) mass is 229 g/mol. The van der Waals surface area contributed by atoms with Crippen LogP contribution in [-0.2, 0) is 16.3 Å². The standard InChI is InChI=1S/C15H17O2/c1-2-17-15(16)11-10-13-8-5-7-12-6-3-4-9-14(12)13/h3-9,15H,2,10-11H2,1H3.